The molecule has 2 bridgehead atoms. The molecule has 5 rings (SSSR count). The van der Waals surface area contributed by atoms with Crippen molar-refractivity contribution in [3.8, 4) is 35.0 Å². The maximum absolute atomic E-state index is 14.2. The number of nitrogens with one attached hydrogen (secondary N) is 3. The van der Waals surface area contributed by atoms with Gasteiger partial charge in [-0.25, -0.2) is 0 Å². The Morgan fingerprint density at radius 3 is 2.76 bits per heavy atom. The normalized spacial score (nSPS) is 26.4. The van der Waals surface area contributed by atoms with E-state index in [1.807, 2.05) is 37.4 Å². The van der Waals surface area contributed by atoms with Crippen LogP contribution in [0.2, 0.25) is 0 Å². The van der Waals surface area contributed by atoms with Crippen LogP contribution in [0, 0.1) is 29.2 Å². The third kappa shape index (κ3) is 8.52. The number of carbonyl (C=O) groups excluding carboxylic acids is 1. The lowest BCUT2D eigenvalue weighted by Gasteiger charge is -2.33. The van der Waals surface area contributed by atoms with Crippen molar-refractivity contribution in [3.63, 3.8) is 0 Å². The zero-order valence-corrected chi connectivity index (χ0v) is 29.4. The lowest BCUT2D eigenvalue weighted by Crippen LogP contribution is -2.42. The van der Waals surface area contributed by atoms with Gasteiger partial charge in [-0.3, -0.25) is 15.1 Å². The van der Waals surface area contributed by atoms with Gasteiger partial charge in [-0.05, 0) is 118 Å². The number of likely N-dealkylation sites (N-methyl/N-ethyl adjacent to an activating group) is 1. The van der Waals surface area contributed by atoms with Gasteiger partial charge in [0.25, 0.3) is 0 Å². The highest BCUT2D eigenvalue weighted by atomic mass is 16.5. The third-order valence-electron chi connectivity index (χ3n) is 10.5. The zero-order valence-electron chi connectivity index (χ0n) is 29.4. The van der Waals surface area contributed by atoms with Crippen molar-refractivity contribution < 1.29 is 29.2 Å². The second-order valence-corrected chi connectivity index (χ2v) is 13.8. The number of fused-ring (bicyclic) bond motifs is 3. The number of hydrogen-bond acceptors (Lipinski definition) is 8. The molecule has 4 atom stereocenters. The highest BCUT2D eigenvalue weighted by Gasteiger charge is 2.47. The number of nitrogens with zero attached hydrogens (tertiary/aromatic N) is 1. The van der Waals surface area contributed by atoms with Crippen molar-refractivity contribution in [2.75, 3.05) is 46.8 Å². The predicted octanol–water partition coefficient (Wildman–Crippen LogP) is 5.72. The van der Waals surface area contributed by atoms with Crippen molar-refractivity contribution >= 4 is 17.4 Å². The summed E-state index contributed by atoms with van der Waals surface area (Å²) in [4.78, 5) is 18.5. The maximum Gasteiger partial charge on any atom is 0.207 e. The molecule has 10 nitrogen and oxygen atoms in total. The molecule has 0 radical (unpaired) electrons. The van der Waals surface area contributed by atoms with Gasteiger partial charge in [0.2, 0.25) is 5.96 Å². The molecular formula is C39H52N4O6. The summed E-state index contributed by atoms with van der Waals surface area (Å²) in [6.07, 6.45) is 12.4. The Morgan fingerprint density at radius 1 is 1.12 bits per heavy atom. The van der Waals surface area contributed by atoms with E-state index in [0.29, 0.717) is 67.9 Å². The van der Waals surface area contributed by atoms with Crippen molar-refractivity contribution in [2.45, 2.75) is 76.2 Å². The predicted molar refractivity (Wildman–Crippen MR) is 192 cm³/mol. The molecule has 264 valence electrons. The number of phenols is 2. The molecule has 0 spiro atoms. The fraction of sp³-hybridized carbons (Fsp3) is 0.538. The summed E-state index contributed by atoms with van der Waals surface area (Å²) in [5.41, 5.74) is 1.31. The molecule has 0 aromatic heterocycles. The number of aryl methyl sites for hydroxylation is 1. The van der Waals surface area contributed by atoms with Crippen LogP contribution in [0.1, 0.15) is 68.9 Å². The van der Waals surface area contributed by atoms with Crippen LogP contribution >= 0.6 is 0 Å². The number of methoxy groups -OCH3 is 2. The first-order valence-electron chi connectivity index (χ1n) is 17.5. The van der Waals surface area contributed by atoms with E-state index in [9.17, 15) is 15.0 Å². The van der Waals surface area contributed by atoms with Crippen molar-refractivity contribution in [3.05, 3.63) is 53.6 Å². The smallest absolute Gasteiger partial charge is 0.207 e. The SMILES string of the molecule is CN=C1NC#CCC2CCCC2(Cc2ccc(O)c(OC)c2)C(=O)C=CCCc2cc(c(O)c(OC3(CNC)CCC(CCOC)C3)c2)N1. The maximum atomic E-state index is 14.2. The fourth-order valence-electron chi connectivity index (χ4n) is 7.99. The van der Waals surface area contributed by atoms with E-state index >= 15 is 0 Å². The van der Waals surface area contributed by atoms with Crippen LogP contribution in [0.3, 0.4) is 0 Å². The number of guanidine groups is 1. The first-order valence-corrected chi connectivity index (χ1v) is 17.5. The van der Waals surface area contributed by atoms with E-state index in [4.69, 9.17) is 14.2 Å². The first-order chi connectivity index (χ1) is 23.7. The zero-order chi connectivity index (χ0) is 34.9. The highest BCUT2D eigenvalue weighted by Crippen LogP contribution is 2.49. The van der Waals surface area contributed by atoms with Gasteiger partial charge in [-0.2, -0.15) is 0 Å². The summed E-state index contributed by atoms with van der Waals surface area (Å²) < 4.78 is 17.5. The summed E-state index contributed by atoms with van der Waals surface area (Å²) in [5, 5.41) is 31.3. The Balaban J connectivity index is 1.44. The summed E-state index contributed by atoms with van der Waals surface area (Å²) >= 11 is 0. The monoisotopic (exact) mass is 672 g/mol. The van der Waals surface area contributed by atoms with Gasteiger partial charge in [0.15, 0.2) is 28.8 Å². The number of allylic oxidation sites excluding steroid dienone is 2. The summed E-state index contributed by atoms with van der Waals surface area (Å²) in [6, 6.07) is 12.2. The lowest BCUT2D eigenvalue weighted by atomic mass is 9.69. The van der Waals surface area contributed by atoms with Crippen LogP contribution in [0.15, 0.2) is 47.5 Å². The number of rotatable bonds is 10. The largest absolute Gasteiger partial charge is 0.504 e. The van der Waals surface area contributed by atoms with Gasteiger partial charge < -0.3 is 35.1 Å². The van der Waals surface area contributed by atoms with Crippen LogP contribution in [0.25, 0.3) is 0 Å². The standard InChI is InChI=1S/C39H52N4O6/c1-40-26-38(18-15-27(24-38)16-20-47-3)49-34-22-28-9-5-6-12-35(45)39(25-29-13-14-32(44)33(23-29)48-4)17-7-10-30(39)11-8-19-42-37(41-2)43-31(21-28)36(34)46/h6,12-14,21-23,27,30,40,44,46H,5,7,9-11,15-18,20,24-26H2,1-4H3,(H2,41,42,43). The number of hydrogen-bond donors (Lipinski definition) is 5. The molecule has 4 unspecified atom stereocenters. The minimum absolute atomic E-state index is 0.0175. The Morgan fingerprint density at radius 2 is 1.98 bits per heavy atom. The van der Waals surface area contributed by atoms with E-state index in [1.54, 1.807) is 26.3 Å². The van der Waals surface area contributed by atoms with Crippen LogP contribution in [-0.4, -0.2) is 69.0 Å². The molecule has 0 saturated heterocycles. The summed E-state index contributed by atoms with van der Waals surface area (Å²) in [5.74, 6) is 5.22. The van der Waals surface area contributed by atoms with Gasteiger partial charge in [-0.1, -0.05) is 24.5 Å². The van der Waals surface area contributed by atoms with Crippen molar-refractivity contribution in [1.82, 2.24) is 10.6 Å². The van der Waals surface area contributed by atoms with E-state index in [-0.39, 0.29) is 23.2 Å². The number of aromatic hydroxyl groups is 2. The lowest BCUT2D eigenvalue weighted by molar-refractivity contribution is -0.125. The van der Waals surface area contributed by atoms with E-state index in [2.05, 4.69) is 32.9 Å². The van der Waals surface area contributed by atoms with Crippen molar-refractivity contribution in [1.29, 1.82) is 0 Å². The minimum Gasteiger partial charge on any atom is -0.504 e. The second kappa shape index (κ2) is 16.5. The number of carbonyl (C=O) groups is 1. The van der Waals surface area contributed by atoms with Gasteiger partial charge in [0.1, 0.15) is 5.60 Å². The Hall–Kier alpha value is -4.20. The second-order valence-electron chi connectivity index (χ2n) is 13.8. The van der Waals surface area contributed by atoms with E-state index < -0.39 is 11.0 Å². The number of ketones is 1. The summed E-state index contributed by atoms with van der Waals surface area (Å²) in [6.45, 7) is 1.37. The van der Waals surface area contributed by atoms with Gasteiger partial charge in [0, 0.05) is 45.2 Å². The first kappa shape index (κ1) is 36.1. The number of anilines is 1. The molecule has 10 heteroatoms. The quantitative estimate of drug-likeness (QED) is 0.159. The average Bonchev–Trinajstić information content (AvgIpc) is 3.69. The van der Waals surface area contributed by atoms with Crippen LogP contribution in [-0.2, 0) is 22.4 Å². The van der Waals surface area contributed by atoms with Gasteiger partial charge in [0.05, 0.1) is 12.8 Å². The van der Waals surface area contributed by atoms with E-state index in [1.165, 1.54) is 7.11 Å². The minimum atomic E-state index is -0.610. The highest BCUT2D eigenvalue weighted by molar-refractivity contribution is 5.97. The summed E-state index contributed by atoms with van der Waals surface area (Å²) in [7, 11) is 6.85. The molecule has 2 fully saturated rings. The molecule has 0 amide bonds. The molecule has 2 saturated carbocycles. The molecule has 5 N–H and O–H groups in total. The number of phenolic OH excluding ortho intramolecular Hbond substituents is 2. The molecule has 49 heavy (non-hydrogen) atoms. The van der Waals surface area contributed by atoms with Gasteiger partial charge >= 0.3 is 0 Å². The molecule has 2 aromatic rings. The van der Waals surface area contributed by atoms with Crippen LogP contribution in [0.5, 0.6) is 23.0 Å². The van der Waals surface area contributed by atoms with Crippen molar-refractivity contribution in [2.24, 2.45) is 22.2 Å². The van der Waals surface area contributed by atoms with Crippen LogP contribution in [0.4, 0.5) is 5.69 Å². The number of ether oxygens (including phenoxy) is 3. The molecule has 1 heterocycles. The Bertz CT molecular complexity index is 1600. The number of benzene rings is 2. The average molecular weight is 673 g/mol. The Kier molecular flexibility index (Phi) is 12.1. The molecule has 1 aliphatic heterocycles. The molecule has 2 aromatic carbocycles. The molecular weight excluding hydrogens is 620 g/mol. The Labute approximate surface area is 290 Å². The molecule has 3 aliphatic rings. The fourth-order valence-corrected chi connectivity index (χ4v) is 7.99. The van der Waals surface area contributed by atoms with E-state index in [0.717, 1.165) is 56.1 Å². The van der Waals surface area contributed by atoms with Gasteiger partial charge in [-0.15, -0.1) is 0 Å². The van der Waals surface area contributed by atoms with Crippen LogP contribution < -0.4 is 25.4 Å². The topological polar surface area (TPSA) is 134 Å². The number of aliphatic imine (C=N–C) groups is 1. The molecule has 2 aliphatic carbocycles. The third-order valence-corrected chi connectivity index (χ3v) is 10.5.